The van der Waals surface area contributed by atoms with Crippen LogP contribution in [0.4, 0.5) is 5.82 Å². The minimum Gasteiger partial charge on any atom is -0.481 e. The number of pyridine rings is 1. The first kappa shape index (κ1) is 15.5. The lowest BCUT2D eigenvalue weighted by Gasteiger charge is -2.23. The maximum atomic E-state index is 10.9. The largest absolute Gasteiger partial charge is 0.481 e. The zero-order valence-corrected chi connectivity index (χ0v) is 12.4. The number of anilines is 1. The number of carboxylic acids is 1. The van der Waals surface area contributed by atoms with Crippen LogP contribution in [0, 0.1) is 18.3 Å². The van der Waals surface area contributed by atoms with Gasteiger partial charge in [0, 0.05) is 19.3 Å². The van der Waals surface area contributed by atoms with E-state index in [1.54, 1.807) is 18.3 Å². The van der Waals surface area contributed by atoms with Crippen LogP contribution in [0.5, 0.6) is 0 Å². The molecule has 2 aromatic rings. The Labute approximate surface area is 129 Å². The Kier molecular flexibility index (Phi) is 5.10. The molecular formula is C17H17N3O2. The van der Waals surface area contributed by atoms with Crippen molar-refractivity contribution in [2.24, 2.45) is 0 Å². The molecule has 0 fully saturated rings. The average Bonchev–Trinajstić information content (AvgIpc) is 2.52. The molecule has 112 valence electrons. The van der Waals surface area contributed by atoms with E-state index in [4.69, 9.17) is 10.4 Å². The lowest BCUT2D eigenvalue weighted by atomic mass is 10.1. The molecule has 0 bridgehead atoms. The van der Waals surface area contributed by atoms with E-state index in [1.807, 2.05) is 36.1 Å². The smallest absolute Gasteiger partial charge is 0.305 e. The molecule has 22 heavy (non-hydrogen) atoms. The molecule has 0 aliphatic carbocycles. The summed E-state index contributed by atoms with van der Waals surface area (Å²) in [6.07, 6.45) is 1.77. The number of nitrogens with zero attached hydrogens (tertiary/aromatic N) is 3. The van der Waals surface area contributed by atoms with Gasteiger partial charge in [0.1, 0.15) is 5.82 Å². The van der Waals surface area contributed by atoms with E-state index in [9.17, 15) is 4.79 Å². The van der Waals surface area contributed by atoms with Crippen LogP contribution in [0.15, 0.2) is 42.6 Å². The number of aliphatic carboxylic acids is 1. The van der Waals surface area contributed by atoms with Crippen LogP contribution < -0.4 is 4.90 Å². The van der Waals surface area contributed by atoms with Gasteiger partial charge < -0.3 is 10.0 Å². The number of nitriles is 1. The Bertz CT molecular complexity index is 690. The average molecular weight is 295 g/mol. The fraction of sp³-hybridized carbons (Fsp3) is 0.235. The van der Waals surface area contributed by atoms with Crippen LogP contribution in [0.3, 0.4) is 0 Å². The molecule has 1 N–H and O–H groups in total. The summed E-state index contributed by atoms with van der Waals surface area (Å²) in [5.41, 5.74) is 2.69. The molecule has 0 atom stereocenters. The molecule has 0 radical (unpaired) electrons. The number of aryl methyl sites for hydroxylation is 1. The van der Waals surface area contributed by atoms with Gasteiger partial charge in [-0.05, 0) is 42.3 Å². The van der Waals surface area contributed by atoms with Crippen LogP contribution in [0.2, 0.25) is 0 Å². The van der Waals surface area contributed by atoms with Gasteiger partial charge in [-0.25, -0.2) is 4.98 Å². The van der Waals surface area contributed by atoms with Crippen molar-refractivity contribution in [3.05, 3.63) is 59.3 Å². The summed E-state index contributed by atoms with van der Waals surface area (Å²) in [6, 6.07) is 13.2. The zero-order valence-electron chi connectivity index (χ0n) is 12.4. The number of aromatic nitrogens is 1. The Balaban J connectivity index is 2.19. The standard InChI is InChI=1S/C17H17N3O2/c1-13-6-8-19-16(10-13)20(9-7-17(21)22)12-15-4-2-14(11-18)3-5-15/h2-6,8,10H,7,9,12H2,1H3,(H,21,22). The van der Waals surface area contributed by atoms with Gasteiger partial charge in [-0.1, -0.05) is 12.1 Å². The maximum Gasteiger partial charge on any atom is 0.305 e. The summed E-state index contributed by atoms with van der Waals surface area (Å²) in [5.74, 6) is -0.0805. The predicted octanol–water partition coefficient (Wildman–Crippen LogP) is 2.74. The first-order valence-corrected chi connectivity index (χ1v) is 6.97. The minimum atomic E-state index is -0.836. The summed E-state index contributed by atoms with van der Waals surface area (Å²) >= 11 is 0. The molecule has 0 unspecified atom stereocenters. The lowest BCUT2D eigenvalue weighted by molar-refractivity contribution is -0.136. The summed E-state index contributed by atoms with van der Waals surface area (Å²) in [6.45, 7) is 2.91. The third kappa shape index (κ3) is 4.32. The van der Waals surface area contributed by atoms with Gasteiger partial charge in [0.2, 0.25) is 0 Å². The van der Waals surface area contributed by atoms with Gasteiger partial charge in [-0.2, -0.15) is 5.26 Å². The molecule has 0 aliphatic heterocycles. The quantitative estimate of drug-likeness (QED) is 0.886. The van der Waals surface area contributed by atoms with Crippen LogP contribution in [-0.4, -0.2) is 22.6 Å². The Morgan fingerprint density at radius 1 is 1.32 bits per heavy atom. The van der Waals surface area contributed by atoms with Crippen molar-refractivity contribution >= 4 is 11.8 Å². The molecule has 0 spiro atoms. The highest BCUT2D eigenvalue weighted by Gasteiger charge is 2.11. The van der Waals surface area contributed by atoms with Crippen LogP contribution >= 0.6 is 0 Å². The van der Waals surface area contributed by atoms with E-state index in [1.165, 1.54) is 0 Å². The topological polar surface area (TPSA) is 77.2 Å². The normalized spacial score (nSPS) is 10.0. The number of carboxylic acid groups (broad SMARTS) is 1. The number of rotatable bonds is 6. The number of carbonyl (C=O) groups is 1. The zero-order chi connectivity index (χ0) is 15.9. The molecule has 0 saturated heterocycles. The third-order valence-corrected chi connectivity index (χ3v) is 3.28. The summed E-state index contributed by atoms with van der Waals surface area (Å²) in [7, 11) is 0. The van der Waals surface area contributed by atoms with Gasteiger partial charge in [0.15, 0.2) is 0 Å². The van der Waals surface area contributed by atoms with Crippen molar-refractivity contribution in [2.75, 3.05) is 11.4 Å². The second kappa shape index (κ2) is 7.23. The number of hydrogen-bond acceptors (Lipinski definition) is 4. The number of hydrogen-bond donors (Lipinski definition) is 1. The fourth-order valence-electron chi connectivity index (χ4n) is 2.10. The Morgan fingerprint density at radius 2 is 2.05 bits per heavy atom. The van der Waals surface area contributed by atoms with Crippen LogP contribution in [0.25, 0.3) is 0 Å². The number of benzene rings is 1. The van der Waals surface area contributed by atoms with E-state index >= 15 is 0 Å². The Hall–Kier alpha value is -2.87. The maximum absolute atomic E-state index is 10.9. The van der Waals surface area contributed by atoms with Gasteiger partial charge in [-0.3, -0.25) is 4.79 Å². The van der Waals surface area contributed by atoms with Crippen molar-refractivity contribution in [3.63, 3.8) is 0 Å². The first-order valence-electron chi connectivity index (χ1n) is 6.97. The monoisotopic (exact) mass is 295 g/mol. The predicted molar refractivity (Wildman–Crippen MR) is 83.4 cm³/mol. The molecule has 1 heterocycles. The highest BCUT2D eigenvalue weighted by Crippen LogP contribution is 2.16. The van der Waals surface area contributed by atoms with Gasteiger partial charge in [0.05, 0.1) is 18.1 Å². The first-order chi connectivity index (χ1) is 10.6. The second-order valence-electron chi connectivity index (χ2n) is 5.07. The van der Waals surface area contributed by atoms with Gasteiger partial charge in [-0.15, -0.1) is 0 Å². The van der Waals surface area contributed by atoms with E-state index in [0.29, 0.717) is 18.7 Å². The summed E-state index contributed by atoms with van der Waals surface area (Å²) < 4.78 is 0. The van der Waals surface area contributed by atoms with Crippen molar-refractivity contribution in [3.8, 4) is 6.07 Å². The second-order valence-corrected chi connectivity index (χ2v) is 5.07. The highest BCUT2D eigenvalue weighted by molar-refractivity contribution is 5.67. The van der Waals surface area contributed by atoms with Crippen molar-refractivity contribution in [1.29, 1.82) is 5.26 Å². The third-order valence-electron chi connectivity index (χ3n) is 3.28. The van der Waals surface area contributed by atoms with Gasteiger partial charge in [0.25, 0.3) is 0 Å². The molecule has 2 rings (SSSR count). The van der Waals surface area contributed by atoms with E-state index < -0.39 is 5.97 Å². The molecule has 0 amide bonds. The summed E-state index contributed by atoms with van der Waals surface area (Å²) in [4.78, 5) is 17.1. The molecule has 0 saturated carbocycles. The van der Waals surface area contributed by atoms with Crippen molar-refractivity contribution < 1.29 is 9.90 Å². The lowest BCUT2D eigenvalue weighted by Crippen LogP contribution is -2.26. The molecular weight excluding hydrogens is 278 g/mol. The van der Waals surface area contributed by atoms with E-state index in [0.717, 1.165) is 16.9 Å². The molecule has 5 nitrogen and oxygen atoms in total. The fourth-order valence-corrected chi connectivity index (χ4v) is 2.10. The molecule has 1 aromatic carbocycles. The molecule has 0 aliphatic rings. The Morgan fingerprint density at radius 3 is 2.64 bits per heavy atom. The minimum absolute atomic E-state index is 0.0475. The SMILES string of the molecule is Cc1ccnc(N(CCC(=O)O)Cc2ccc(C#N)cc2)c1. The van der Waals surface area contributed by atoms with Crippen LogP contribution in [0.1, 0.15) is 23.1 Å². The van der Waals surface area contributed by atoms with Gasteiger partial charge >= 0.3 is 5.97 Å². The molecule has 1 aromatic heterocycles. The van der Waals surface area contributed by atoms with E-state index in [-0.39, 0.29) is 6.42 Å². The highest BCUT2D eigenvalue weighted by atomic mass is 16.4. The van der Waals surface area contributed by atoms with Crippen LogP contribution in [-0.2, 0) is 11.3 Å². The van der Waals surface area contributed by atoms with E-state index in [2.05, 4.69) is 11.1 Å². The molecule has 5 heteroatoms. The van der Waals surface area contributed by atoms with Crippen molar-refractivity contribution in [1.82, 2.24) is 4.98 Å². The summed E-state index contributed by atoms with van der Waals surface area (Å²) in [5, 5.41) is 17.7. The van der Waals surface area contributed by atoms with Crippen molar-refractivity contribution in [2.45, 2.75) is 19.9 Å².